The quantitative estimate of drug-likeness (QED) is 0.488. The second-order valence-electron chi connectivity index (χ2n) is 6.21. The highest BCUT2D eigenvalue weighted by Crippen LogP contribution is 2.50. The van der Waals surface area contributed by atoms with Crippen LogP contribution in [0, 0.1) is 6.92 Å². The van der Waals surface area contributed by atoms with Crippen LogP contribution in [0.15, 0.2) is 41.4 Å². The maximum atomic E-state index is 13.9. The van der Waals surface area contributed by atoms with E-state index in [1.807, 2.05) is 6.92 Å². The molecular weight excluding hydrogens is 415 g/mol. The topological polar surface area (TPSA) is 21.6 Å². The highest BCUT2D eigenvalue weighted by atomic mass is 35.5. The lowest BCUT2D eigenvalue weighted by molar-refractivity contribution is -0.336. The number of fused-ring (bicyclic) bond motifs is 1. The van der Waals surface area contributed by atoms with E-state index >= 15 is 0 Å². The van der Waals surface area contributed by atoms with Crippen LogP contribution in [0.1, 0.15) is 11.1 Å². The summed E-state index contributed by atoms with van der Waals surface area (Å²) in [5.41, 5.74) is -0.847. The summed E-state index contributed by atoms with van der Waals surface area (Å²) in [6.45, 7) is 1.85. The average molecular weight is 426 g/mol. The van der Waals surface area contributed by atoms with Crippen molar-refractivity contribution in [1.29, 1.82) is 0 Å². The molecule has 150 valence electrons. The van der Waals surface area contributed by atoms with Gasteiger partial charge in [0.05, 0.1) is 16.4 Å². The van der Waals surface area contributed by atoms with Gasteiger partial charge in [0.15, 0.2) is 0 Å². The minimum absolute atomic E-state index is 0.000777. The Bertz CT molecular complexity index is 936. The van der Waals surface area contributed by atoms with Crippen molar-refractivity contribution in [2.75, 3.05) is 0 Å². The minimum Gasteiger partial charge on any atom is -0.456 e. The van der Waals surface area contributed by atoms with Gasteiger partial charge in [0.1, 0.15) is 11.5 Å². The largest absolute Gasteiger partial charge is 0.460 e. The Balaban J connectivity index is 1.89. The molecule has 0 bridgehead atoms. The molecule has 2 nitrogen and oxygen atoms in total. The number of aliphatic imine (C=N–C) groups is 1. The van der Waals surface area contributed by atoms with Gasteiger partial charge < -0.3 is 4.74 Å². The third-order valence-electron chi connectivity index (χ3n) is 4.11. The van der Waals surface area contributed by atoms with Crippen LogP contribution in [0.2, 0.25) is 5.02 Å². The van der Waals surface area contributed by atoms with Crippen molar-refractivity contribution in [2.45, 2.75) is 31.4 Å². The molecular formula is C18H11ClF7NO. The van der Waals surface area contributed by atoms with Gasteiger partial charge in [-0.1, -0.05) is 29.3 Å². The van der Waals surface area contributed by atoms with Gasteiger partial charge in [0.25, 0.3) is 0 Å². The van der Waals surface area contributed by atoms with Crippen LogP contribution >= 0.6 is 11.6 Å². The number of halogens is 8. The first-order valence-electron chi connectivity index (χ1n) is 7.80. The van der Waals surface area contributed by atoms with Crippen LogP contribution in [0.3, 0.4) is 0 Å². The third kappa shape index (κ3) is 3.43. The summed E-state index contributed by atoms with van der Waals surface area (Å²) in [4.78, 5) is 3.27. The molecule has 0 radical (unpaired) electrons. The van der Waals surface area contributed by atoms with Crippen LogP contribution in [0.25, 0.3) is 0 Å². The minimum atomic E-state index is -6.43. The molecule has 0 amide bonds. The molecule has 28 heavy (non-hydrogen) atoms. The van der Waals surface area contributed by atoms with Gasteiger partial charge in [0, 0.05) is 6.42 Å². The van der Waals surface area contributed by atoms with Gasteiger partial charge >= 0.3 is 18.0 Å². The van der Waals surface area contributed by atoms with Crippen LogP contribution in [0.4, 0.5) is 36.4 Å². The van der Waals surface area contributed by atoms with E-state index in [-0.39, 0.29) is 22.0 Å². The van der Waals surface area contributed by atoms with Crippen molar-refractivity contribution in [3.63, 3.8) is 0 Å². The van der Waals surface area contributed by atoms with E-state index in [1.54, 1.807) is 24.3 Å². The maximum Gasteiger partial charge on any atom is 0.460 e. The lowest BCUT2D eigenvalue weighted by atomic mass is 10.0. The molecule has 0 spiro atoms. The molecule has 0 atom stereocenters. The van der Waals surface area contributed by atoms with E-state index < -0.39 is 30.2 Å². The van der Waals surface area contributed by atoms with Crippen molar-refractivity contribution >= 4 is 23.0 Å². The van der Waals surface area contributed by atoms with Crippen molar-refractivity contribution in [3.05, 3.63) is 52.5 Å². The standard InChI is InChI=1S/C18H11ClF7NO/c1-9-2-4-11(5-3-9)28-14-6-10-7-15(27-13(10)8-12(14)19)16(20,21)17(22,23)18(24,25)26/h2-6,8H,7H2,1H3. The normalized spacial score (nSPS) is 14.7. The van der Waals surface area contributed by atoms with E-state index in [1.165, 1.54) is 6.07 Å². The Labute approximate surface area is 159 Å². The predicted octanol–water partition coefficient (Wildman–Crippen LogP) is 6.90. The zero-order valence-electron chi connectivity index (χ0n) is 14.1. The predicted molar refractivity (Wildman–Crippen MR) is 89.5 cm³/mol. The van der Waals surface area contributed by atoms with Crippen LogP contribution < -0.4 is 4.74 Å². The summed E-state index contributed by atoms with van der Waals surface area (Å²) in [6.07, 6.45) is -7.32. The smallest absolute Gasteiger partial charge is 0.456 e. The Morgan fingerprint density at radius 2 is 1.57 bits per heavy atom. The SMILES string of the molecule is Cc1ccc(Oc2cc3c(cc2Cl)N=C(C(F)(F)C(F)(F)C(F)(F)F)C3)cc1. The molecule has 0 aromatic heterocycles. The summed E-state index contributed by atoms with van der Waals surface area (Å²) in [5, 5.41) is -0.0600. The first-order valence-corrected chi connectivity index (χ1v) is 8.18. The van der Waals surface area contributed by atoms with Crippen molar-refractivity contribution in [3.8, 4) is 11.5 Å². The molecule has 0 N–H and O–H groups in total. The highest BCUT2D eigenvalue weighted by Gasteiger charge is 2.75. The summed E-state index contributed by atoms with van der Waals surface area (Å²) in [6, 6.07) is 9.01. The van der Waals surface area contributed by atoms with Crippen LogP contribution in [0.5, 0.6) is 11.5 Å². The Hall–Kier alpha value is -2.29. The average Bonchev–Trinajstić information content (AvgIpc) is 2.99. The fraction of sp³-hybridized carbons (Fsp3) is 0.278. The first kappa shape index (κ1) is 20.4. The number of alkyl halides is 7. The molecule has 0 saturated carbocycles. The number of nitrogens with zero attached hydrogens (tertiary/aromatic N) is 1. The van der Waals surface area contributed by atoms with E-state index in [4.69, 9.17) is 16.3 Å². The molecule has 0 aliphatic carbocycles. The molecule has 3 rings (SSSR count). The molecule has 2 aromatic carbocycles. The Morgan fingerprint density at radius 3 is 2.14 bits per heavy atom. The molecule has 1 aliphatic rings. The first-order chi connectivity index (χ1) is 12.8. The van der Waals surface area contributed by atoms with Gasteiger partial charge in [-0.05, 0) is 36.8 Å². The Kier molecular flexibility index (Phi) is 4.85. The number of hydrogen-bond donors (Lipinski definition) is 0. The Morgan fingerprint density at radius 1 is 0.964 bits per heavy atom. The lowest BCUT2D eigenvalue weighted by Crippen LogP contribution is -2.56. The second kappa shape index (κ2) is 6.65. The van der Waals surface area contributed by atoms with Crippen molar-refractivity contribution in [2.24, 2.45) is 4.99 Å². The highest BCUT2D eigenvalue weighted by molar-refractivity contribution is 6.32. The van der Waals surface area contributed by atoms with Gasteiger partial charge in [-0.3, -0.25) is 4.99 Å². The zero-order valence-corrected chi connectivity index (χ0v) is 14.8. The summed E-state index contributed by atoms with van der Waals surface area (Å²) in [5.74, 6) is -11.4. The monoisotopic (exact) mass is 425 g/mol. The number of benzene rings is 2. The fourth-order valence-electron chi connectivity index (χ4n) is 2.55. The third-order valence-corrected chi connectivity index (χ3v) is 4.40. The summed E-state index contributed by atoms with van der Waals surface area (Å²) >= 11 is 6.00. The number of aryl methyl sites for hydroxylation is 1. The number of hydrogen-bond acceptors (Lipinski definition) is 2. The van der Waals surface area contributed by atoms with E-state index in [0.717, 1.165) is 11.6 Å². The zero-order chi connectivity index (χ0) is 20.9. The molecule has 2 aromatic rings. The molecule has 0 saturated heterocycles. The van der Waals surface area contributed by atoms with Crippen molar-refractivity contribution < 1.29 is 35.5 Å². The number of ether oxygens (including phenoxy) is 1. The molecule has 0 fully saturated rings. The van der Waals surface area contributed by atoms with E-state index in [2.05, 4.69) is 4.99 Å². The molecule has 1 heterocycles. The van der Waals surface area contributed by atoms with Gasteiger partial charge in [-0.15, -0.1) is 0 Å². The van der Waals surface area contributed by atoms with Gasteiger partial charge in [-0.25, -0.2) is 0 Å². The summed E-state index contributed by atoms with van der Waals surface area (Å²) < 4.78 is 97.0. The summed E-state index contributed by atoms with van der Waals surface area (Å²) in [7, 11) is 0. The number of rotatable bonds is 4. The van der Waals surface area contributed by atoms with Gasteiger partial charge in [-0.2, -0.15) is 30.7 Å². The molecule has 0 unspecified atom stereocenters. The van der Waals surface area contributed by atoms with Crippen molar-refractivity contribution in [1.82, 2.24) is 0 Å². The van der Waals surface area contributed by atoms with Crippen LogP contribution in [-0.2, 0) is 6.42 Å². The van der Waals surface area contributed by atoms with Gasteiger partial charge in [0.2, 0.25) is 0 Å². The van der Waals surface area contributed by atoms with Crippen LogP contribution in [-0.4, -0.2) is 23.7 Å². The fourth-order valence-corrected chi connectivity index (χ4v) is 2.74. The maximum absolute atomic E-state index is 13.9. The molecule has 1 aliphatic heterocycles. The van der Waals surface area contributed by atoms with E-state index in [0.29, 0.717) is 5.75 Å². The lowest BCUT2D eigenvalue weighted by Gasteiger charge is -2.28. The second-order valence-corrected chi connectivity index (χ2v) is 6.62. The van der Waals surface area contributed by atoms with E-state index in [9.17, 15) is 30.7 Å². The molecule has 10 heteroatoms.